The van der Waals surface area contributed by atoms with Crippen LogP contribution in [0.25, 0.3) is 0 Å². The van der Waals surface area contributed by atoms with Crippen molar-refractivity contribution in [3.05, 3.63) is 0 Å². The fourth-order valence-corrected chi connectivity index (χ4v) is 4.14. The van der Waals surface area contributed by atoms with E-state index in [2.05, 4.69) is 81.5 Å². The summed E-state index contributed by atoms with van der Waals surface area (Å²) in [6, 6.07) is 0. The second kappa shape index (κ2) is 8.52. The molecule has 0 heterocycles. The third-order valence-corrected chi connectivity index (χ3v) is 6.38. The molecule has 1 amide bonds. The molecule has 1 unspecified atom stereocenters. The number of hydrogen-bond acceptors (Lipinski definition) is 2. The van der Waals surface area contributed by atoms with Gasteiger partial charge in [-0.25, -0.2) is 4.79 Å². The highest BCUT2D eigenvalue weighted by molar-refractivity contribution is 5.68. The zero-order chi connectivity index (χ0) is 21.1. The van der Waals surface area contributed by atoms with Gasteiger partial charge < -0.3 is 10.1 Å². The van der Waals surface area contributed by atoms with Crippen molar-refractivity contribution in [2.45, 2.75) is 114 Å². The molecule has 3 nitrogen and oxygen atoms in total. The van der Waals surface area contributed by atoms with Gasteiger partial charge in [-0.1, -0.05) is 62.3 Å². The van der Waals surface area contributed by atoms with Gasteiger partial charge in [-0.3, -0.25) is 0 Å². The van der Waals surface area contributed by atoms with Crippen LogP contribution in [0.1, 0.15) is 103 Å². The van der Waals surface area contributed by atoms with E-state index >= 15 is 0 Å². The number of alkyl carbamates (subject to hydrolysis) is 1. The van der Waals surface area contributed by atoms with Crippen LogP contribution < -0.4 is 5.32 Å². The Labute approximate surface area is 164 Å². The van der Waals surface area contributed by atoms with Gasteiger partial charge in [0.05, 0.1) is 0 Å². The molecule has 156 valence electrons. The van der Waals surface area contributed by atoms with E-state index in [0.29, 0.717) is 17.8 Å². The van der Waals surface area contributed by atoms with Crippen LogP contribution in [0.2, 0.25) is 0 Å². The molecule has 0 spiro atoms. The average molecular weight is 370 g/mol. The molecular formula is C23H47NO2. The molecule has 0 aromatic heterocycles. The first-order chi connectivity index (χ1) is 11.3. The van der Waals surface area contributed by atoms with E-state index in [1.165, 1.54) is 0 Å². The lowest BCUT2D eigenvalue weighted by atomic mass is 9.69. The van der Waals surface area contributed by atoms with Crippen molar-refractivity contribution in [3.8, 4) is 0 Å². The molecule has 0 aliphatic carbocycles. The molecule has 0 aliphatic heterocycles. The van der Waals surface area contributed by atoms with Gasteiger partial charge >= 0.3 is 6.09 Å². The Balaban J connectivity index is 4.93. The molecular weight excluding hydrogens is 322 g/mol. The molecule has 0 bridgehead atoms. The average Bonchev–Trinajstić information content (AvgIpc) is 2.32. The van der Waals surface area contributed by atoms with E-state index in [4.69, 9.17) is 4.74 Å². The summed E-state index contributed by atoms with van der Waals surface area (Å²) in [6.45, 7) is 28.5. The first-order valence-corrected chi connectivity index (χ1v) is 10.3. The first kappa shape index (κ1) is 25.3. The molecule has 3 heteroatoms. The summed E-state index contributed by atoms with van der Waals surface area (Å²) in [5, 5.41) is 3.10. The maximum absolute atomic E-state index is 12.6. The second-order valence-corrected chi connectivity index (χ2v) is 11.7. The molecule has 0 radical (unpaired) electrons. The van der Waals surface area contributed by atoms with E-state index < -0.39 is 5.60 Å². The van der Waals surface area contributed by atoms with Gasteiger partial charge in [-0.15, -0.1) is 0 Å². The SMILES string of the molecule is CC(C)C(C)C(C)(C)CC(C)(C)OC(=O)NC(C)(C)CC(C)(C)C(C)C. The minimum atomic E-state index is -0.500. The molecule has 0 saturated heterocycles. The minimum absolute atomic E-state index is 0.104. The largest absolute Gasteiger partial charge is 0.444 e. The number of ether oxygens (including phenoxy) is 1. The summed E-state index contributed by atoms with van der Waals surface area (Å²) < 4.78 is 5.86. The lowest BCUT2D eigenvalue weighted by Crippen LogP contribution is -2.49. The molecule has 1 atom stereocenters. The van der Waals surface area contributed by atoms with Crippen molar-refractivity contribution >= 4 is 6.09 Å². The molecule has 0 aromatic carbocycles. The summed E-state index contributed by atoms with van der Waals surface area (Å²) in [5.41, 5.74) is -0.545. The lowest BCUT2D eigenvalue weighted by molar-refractivity contribution is -0.0154. The standard InChI is InChI=1S/C23H47NO2/c1-16(2)18(5)21(8,9)15-23(12,13)26-19(25)24-22(10,11)14-20(6,7)17(3)4/h16-18H,14-15H2,1-13H3,(H,24,25). The van der Waals surface area contributed by atoms with Crippen LogP contribution in [0, 0.1) is 28.6 Å². The summed E-state index contributed by atoms with van der Waals surface area (Å²) in [5.74, 6) is 1.71. The van der Waals surface area contributed by atoms with Crippen LogP contribution in [-0.2, 0) is 4.74 Å². The molecule has 0 saturated carbocycles. The highest BCUT2D eigenvalue weighted by atomic mass is 16.6. The minimum Gasteiger partial charge on any atom is -0.444 e. The number of rotatable bonds is 9. The van der Waals surface area contributed by atoms with Crippen LogP contribution in [0.5, 0.6) is 0 Å². The topological polar surface area (TPSA) is 38.3 Å². The zero-order valence-corrected chi connectivity index (χ0v) is 20.0. The third-order valence-electron chi connectivity index (χ3n) is 6.38. The Morgan fingerprint density at radius 1 is 0.808 bits per heavy atom. The number of hydrogen-bond donors (Lipinski definition) is 1. The highest BCUT2D eigenvalue weighted by Gasteiger charge is 2.38. The van der Waals surface area contributed by atoms with Crippen molar-refractivity contribution < 1.29 is 9.53 Å². The molecule has 26 heavy (non-hydrogen) atoms. The Bertz CT molecular complexity index is 459. The smallest absolute Gasteiger partial charge is 0.408 e. The van der Waals surface area contributed by atoms with Gasteiger partial charge in [0.25, 0.3) is 0 Å². The maximum Gasteiger partial charge on any atom is 0.408 e. The number of amides is 1. The van der Waals surface area contributed by atoms with Gasteiger partial charge in [0.15, 0.2) is 0 Å². The highest BCUT2D eigenvalue weighted by Crippen LogP contribution is 2.40. The predicted molar refractivity (Wildman–Crippen MR) is 113 cm³/mol. The van der Waals surface area contributed by atoms with Gasteiger partial charge in [0, 0.05) is 5.54 Å². The molecule has 0 fully saturated rings. The van der Waals surface area contributed by atoms with Gasteiger partial charge in [-0.2, -0.15) is 0 Å². The van der Waals surface area contributed by atoms with Gasteiger partial charge in [0.2, 0.25) is 0 Å². The van der Waals surface area contributed by atoms with Crippen LogP contribution in [-0.4, -0.2) is 17.2 Å². The maximum atomic E-state index is 12.6. The molecule has 0 aromatic rings. The van der Waals surface area contributed by atoms with Crippen molar-refractivity contribution in [2.24, 2.45) is 28.6 Å². The Morgan fingerprint density at radius 3 is 1.65 bits per heavy atom. The quantitative estimate of drug-likeness (QED) is 0.473. The predicted octanol–water partition coefficient (Wildman–Crippen LogP) is 7.05. The fourth-order valence-electron chi connectivity index (χ4n) is 4.14. The van der Waals surface area contributed by atoms with Crippen molar-refractivity contribution in [3.63, 3.8) is 0 Å². The lowest BCUT2D eigenvalue weighted by Gasteiger charge is -2.41. The summed E-state index contributed by atoms with van der Waals surface area (Å²) in [6.07, 6.45) is 1.43. The summed E-state index contributed by atoms with van der Waals surface area (Å²) in [4.78, 5) is 12.6. The first-order valence-electron chi connectivity index (χ1n) is 10.3. The molecule has 1 N–H and O–H groups in total. The normalized spacial score (nSPS) is 15.3. The van der Waals surface area contributed by atoms with Crippen molar-refractivity contribution in [2.75, 3.05) is 0 Å². The summed E-state index contributed by atoms with van der Waals surface area (Å²) >= 11 is 0. The number of nitrogens with one attached hydrogen (secondary N) is 1. The number of carbonyl (C=O) groups excluding carboxylic acids is 1. The molecule has 0 aliphatic rings. The van der Waals surface area contributed by atoms with E-state index in [1.54, 1.807) is 0 Å². The Kier molecular flexibility index (Phi) is 8.28. The fraction of sp³-hybridized carbons (Fsp3) is 0.957. The zero-order valence-electron chi connectivity index (χ0n) is 20.0. The van der Waals surface area contributed by atoms with Crippen LogP contribution in [0.4, 0.5) is 4.79 Å². The van der Waals surface area contributed by atoms with Crippen LogP contribution in [0.3, 0.4) is 0 Å². The van der Waals surface area contributed by atoms with Crippen molar-refractivity contribution in [1.29, 1.82) is 0 Å². The molecule has 0 rings (SSSR count). The Morgan fingerprint density at radius 2 is 1.27 bits per heavy atom. The monoisotopic (exact) mass is 369 g/mol. The second-order valence-electron chi connectivity index (χ2n) is 11.7. The third kappa shape index (κ3) is 8.31. The van der Waals surface area contributed by atoms with E-state index in [1.807, 2.05) is 13.8 Å². The number of carbonyl (C=O) groups is 1. The van der Waals surface area contributed by atoms with Crippen LogP contribution >= 0.6 is 0 Å². The van der Waals surface area contributed by atoms with E-state index in [0.717, 1.165) is 12.8 Å². The van der Waals surface area contributed by atoms with E-state index in [-0.39, 0.29) is 22.5 Å². The Hall–Kier alpha value is -0.730. The van der Waals surface area contributed by atoms with Crippen LogP contribution in [0.15, 0.2) is 0 Å². The van der Waals surface area contributed by atoms with Gasteiger partial charge in [-0.05, 0) is 69.1 Å². The van der Waals surface area contributed by atoms with Gasteiger partial charge in [0.1, 0.15) is 5.60 Å². The summed E-state index contributed by atoms with van der Waals surface area (Å²) in [7, 11) is 0. The van der Waals surface area contributed by atoms with Crippen molar-refractivity contribution in [1.82, 2.24) is 5.32 Å². The van der Waals surface area contributed by atoms with E-state index in [9.17, 15) is 4.79 Å².